The molecule has 7 heteroatoms. The molecule has 3 rings (SSSR count). The molecule has 27 heavy (non-hydrogen) atoms. The number of amides is 2. The van der Waals surface area contributed by atoms with Gasteiger partial charge >= 0.3 is 0 Å². The fourth-order valence-electron chi connectivity index (χ4n) is 3.08. The maximum atomic E-state index is 12.7. The molecule has 142 valence electrons. The summed E-state index contributed by atoms with van der Waals surface area (Å²) in [5, 5.41) is 3.36. The predicted octanol–water partition coefficient (Wildman–Crippen LogP) is 3.93. The Morgan fingerprint density at radius 1 is 1.11 bits per heavy atom. The van der Waals surface area contributed by atoms with Crippen LogP contribution in [0.15, 0.2) is 30.6 Å². The number of hydrogen-bond acceptors (Lipinski definition) is 4. The topological polar surface area (TPSA) is 71.5 Å². The zero-order chi connectivity index (χ0) is 19.4. The third-order valence-corrected chi connectivity index (χ3v) is 5.03. The molecular weight excluding hydrogens is 366 g/mol. The maximum absolute atomic E-state index is 12.7. The van der Waals surface area contributed by atoms with Crippen molar-refractivity contribution < 1.29 is 14.3 Å². The van der Waals surface area contributed by atoms with Crippen LogP contribution in [0.2, 0.25) is 5.02 Å². The molecule has 2 amide bonds. The average molecular weight is 388 g/mol. The number of ether oxygens (including phenoxy) is 1. The Balaban J connectivity index is 1.80. The molecular formula is C20H22ClN3O3. The summed E-state index contributed by atoms with van der Waals surface area (Å²) in [5.41, 5.74) is 2.06. The van der Waals surface area contributed by atoms with Crippen molar-refractivity contribution in [2.75, 3.05) is 25.5 Å². The number of nitrogens with one attached hydrogen (secondary N) is 1. The Kier molecular flexibility index (Phi) is 5.96. The molecule has 6 nitrogen and oxygen atoms in total. The molecule has 1 aliphatic rings. The number of rotatable bonds is 4. The first-order chi connectivity index (χ1) is 13.0. The third-order valence-electron chi connectivity index (χ3n) is 4.62. The van der Waals surface area contributed by atoms with Crippen LogP contribution < -0.4 is 10.1 Å². The first-order valence-electron chi connectivity index (χ1n) is 8.89. The number of aryl methyl sites for hydroxylation is 1. The molecule has 1 saturated heterocycles. The normalized spacial score (nSPS) is 14.0. The number of hydrogen-bond donors (Lipinski definition) is 1. The molecule has 0 radical (unpaired) electrons. The molecule has 0 unspecified atom stereocenters. The number of likely N-dealkylation sites (tertiary alicyclic amines) is 1. The van der Waals surface area contributed by atoms with Gasteiger partial charge in [-0.05, 0) is 43.9 Å². The number of aromatic nitrogens is 1. The Hall–Kier alpha value is -2.60. The van der Waals surface area contributed by atoms with Gasteiger partial charge in [0.15, 0.2) is 0 Å². The fraction of sp³-hybridized carbons (Fsp3) is 0.350. The number of anilines is 1. The number of methoxy groups -OCH3 is 1. The number of nitrogens with zero attached hydrogens (tertiary/aromatic N) is 2. The molecule has 0 spiro atoms. The molecule has 2 heterocycles. The fourth-order valence-corrected chi connectivity index (χ4v) is 3.24. The minimum absolute atomic E-state index is 0.0863. The van der Waals surface area contributed by atoms with E-state index in [0.29, 0.717) is 27.6 Å². The van der Waals surface area contributed by atoms with Crippen LogP contribution in [0.3, 0.4) is 0 Å². The first kappa shape index (κ1) is 19.2. The van der Waals surface area contributed by atoms with Crippen molar-refractivity contribution in [2.24, 2.45) is 0 Å². The summed E-state index contributed by atoms with van der Waals surface area (Å²) >= 11 is 6.10. The predicted molar refractivity (Wildman–Crippen MR) is 105 cm³/mol. The SMILES string of the molecule is COc1cc(Cl)c(C)cc1NC(=O)c1cncc(C(=O)N2CCCCC2)c1. The van der Waals surface area contributed by atoms with Crippen molar-refractivity contribution in [1.82, 2.24) is 9.88 Å². The van der Waals surface area contributed by atoms with Gasteiger partial charge in [0.2, 0.25) is 0 Å². The minimum Gasteiger partial charge on any atom is -0.495 e. The lowest BCUT2D eigenvalue weighted by Gasteiger charge is -2.26. The highest BCUT2D eigenvalue weighted by molar-refractivity contribution is 6.31. The van der Waals surface area contributed by atoms with Gasteiger partial charge in [-0.1, -0.05) is 11.6 Å². The van der Waals surface area contributed by atoms with Crippen LogP contribution in [-0.2, 0) is 0 Å². The smallest absolute Gasteiger partial charge is 0.257 e. The largest absolute Gasteiger partial charge is 0.495 e. The van der Waals surface area contributed by atoms with Crippen molar-refractivity contribution in [3.63, 3.8) is 0 Å². The number of carbonyl (C=O) groups is 2. The average Bonchev–Trinajstić information content (AvgIpc) is 2.70. The Morgan fingerprint density at radius 2 is 1.81 bits per heavy atom. The third kappa shape index (κ3) is 4.39. The number of carbonyl (C=O) groups excluding carboxylic acids is 2. The van der Waals surface area contributed by atoms with Crippen LogP contribution in [0.1, 0.15) is 45.5 Å². The Labute approximate surface area is 163 Å². The molecule has 0 atom stereocenters. The number of pyridine rings is 1. The molecule has 2 aromatic rings. The van der Waals surface area contributed by atoms with Gasteiger partial charge in [0.25, 0.3) is 11.8 Å². The monoisotopic (exact) mass is 387 g/mol. The van der Waals surface area contributed by atoms with Gasteiger partial charge in [0.1, 0.15) is 5.75 Å². The highest BCUT2D eigenvalue weighted by Crippen LogP contribution is 2.31. The van der Waals surface area contributed by atoms with Crippen molar-refractivity contribution in [2.45, 2.75) is 26.2 Å². The van der Waals surface area contributed by atoms with Crippen molar-refractivity contribution in [3.8, 4) is 5.75 Å². The zero-order valence-corrected chi connectivity index (χ0v) is 16.2. The van der Waals surface area contributed by atoms with E-state index in [1.54, 1.807) is 18.2 Å². The Morgan fingerprint density at radius 3 is 2.52 bits per heavy atom. The van der Waals surface area contributed by atoms with Gasteiger partial charge in [-0.25, -0.2) is 0 Å². The van der Waals surface area contributed by atoms with E-state index in [9.17, 15) is 9.59 Å². The minimum atomic E-state index is -0.365. The van der Waals surface area contributed by atoms with E-state index >= 15 is 0 Å². The van der Waals surface area contributed by atoms with Gasteiger partial charge in [-0.15, -0.1) is 0 Å². The summed E-state index contributed by atoms with van der Waals surface area (Å²) in [5.74, 6) is 0.0139. The van der Waals surface area contributed by atoms with Gasteiger partial charge in [-0.2, -0.15) is 0 Å². The number of piperidine rings is 1. The van der Waals surface area contributed by atoms with E-state index in [-0.39, 0.29) is 11.8 Å². The molecule has 0 aliphatic carbocycles. The van der Waals surface area contributed by atoms with E-state index < -0.39 is 0 Å². The lowest BCUT2D eigenvalue weighted by molar-refractivity contribution is 0.0724. The highest BCUT2D eigenvalue weighted by atomic mass is 35.5. The quantitative estimate of drug-likeness (QED) is 0.862. The number of benzene rings is 1. The summed E-state index contributed by atoms with van der Waals surface area (Å²) in [6.07, 6.45) is 6.11. The molecule has 0 bridgehead atoms. The van der Waals surface area contributed by atoms with Gasteiger partial charge in [0.05, 0.1) is 23.9 Å². The molecule has 1 fully saturated rings. The van der Waals surface area contributed by atoms with Crippen molar-refractivity contribution >= 4 is 29.1 Å². The Bertz CT molecular complexity index is 864. The molecule has 1 aliphatic heterocycles. The highest BCUT2D eigenvalue weighted by Gasteiger charge is 2.20. The molecule has 1 N–H and O–H groups in total. The van der Waals surface area contributed by atoms with Crippen LogP contribution in [0, 0.1) is 6.92 Å². The second-order valence-electron chi connectivity index (χ2n) is 6.57. The summed E-state index contributed by atoms with van der Waals surface area (Å²) in [4.78, 5) is 31.2. The van der Waals surface area contributed by atoms with Crippen LogP contribution in [0.25, 0.3) is 0 Å². The van der Waals surface area contributed by atoms with Crippen LogP contribution in [0.5, 0.6) is 5.75 Å². The molecule has 1 aromatic carbocycles. The maximum Gasteiger partial charge on any atom is 0.257 e. The van der Waals surface area contributed by atoms with Crippen LogP contribution >= 0.6 is 11.6 Å². The standard InChI is InChI=1S/C20H22ClN3O3/c1-13-8-17(18(27-2)10-16(13)21)23-19(25)14-9-15(12-22-11-14)20(26)24-6-4-3-5-7-24/h8-12H,3-7H2,1-2H3,(H,23,25). The van der Waals surface area contributed by atoms with Crippen molar-refractivity contribution in [3.05, 3.63) is 52.3 Å². The van der Waals surface area contributed by atoms with E-state index in [4.69, 9.17) is 16.3 Å². The summed E-state index contributed by atoms with van der Waals surface area (Å²) in [6.45, 7) is 3.34. The van der Waals surface area contributed by atoms with Crippen molar-refractivity contribution in [1.29, 1.82) is 0 Å². The zero-order valence-electron chi connectivity index (χ0n) is 15.4. The molecule has 0 saturated carbocycles. The summed E-state index contributed by atoms with van der Waals surface area (Å²) < 4.78 is 5.28. The van der Waals surface area contributed by atoms with Gasteiger partial charge in [-0.3, -0.25) is 14.6 Å². The molecule has 1 aromatic heterocycles. The lowest BCUT2D eigenvalue weighted by Crippen LogP contribution is -2.35. The van der Waals surface area contributed by atoms with Crippen LogP contribution in [-0.4, -0.2) is 41.9 Å². The van der Waals surface area contributed by atoms with E-state index in [1.807, 2.05) is 11.8 Å². The second-order valence-corrected chi connectivity index (χ2v) is 6.98. The summed E-state index contributed by atoms with van der Waals surface area (Å²) in [6, 6.07) is 4.98. The van der Waals surface area contributed by atoms with Crippen LogP contribution in [0.4, 0.5) is 5.69 Å². The second kappa shape index (κ2) is 8.39. The van der Waals surface area contributed by atoms with E-state index in [0.717, 1.165) is 37.9 Å². The van der Waals surface area contributed by atoms with E-state index in [1.165, 1.54) is 19.5 Å². The first-order valence-corrected chi connectivity index (χ1v) is 9.27. The van der Waals surface area contributed by atoms with Gasteiger partial charge in [0, 0.05) is 36.6 Å². The number of halogens is 1. The lowest BCUT2D eigenvalue weighted by atomic mass is 10.1. The van der Waals surface area contributed by atoms with E-state index in [2.05, 4.69) is 10.3 Å². The van der Waals surface area contributed by atoms with Gasteiger partial charge < -0.3 is 15.0 Å². The summed E-state index contributed by atoms with van der Waals surface area (Å²) in [7, 11) is 1.51.